The molecule has 1 fully saturated rings. The molecule has 0 amide bonds. The van der Waals surface area contributed by atoms with E-state index in [9.17, 15) is 0 Å². The van der Waals surface area contributed by atoms with Gasteiger partial charge < -0.3 is 5.73 Å². The van der Waals surface area contributed by atoms with E-state index in [1.807, 2.05) is 18.3 Å². The minimum absolute atomic E-state index is 0.196. The van der Waals surface area contributed by atoms with Crippen LogP contribution < -0.4 is 5.73 Å². The van der Waals surface area contributed by atoms with Crippen LogP contribution in [0.4, 0.5) is 5.69 Å². The lowest BCUT2D eigenvalue weighted by Crippen LogP contribution is -2.27. The van der Waals surface area contributed by atoms with Crippen molar-refractivity contribution in [2.45, 2.75) is 51.4 Å². The number of rotatable bonds is 3. The largest absolute Gasteiger partial charge is 0.398 e. The van der Waals surface area contributed by atoms with Gasteiger partial charge in [0.2, 0.25) is 0 Å². The van der Waals surface area contributed by atoms with Crippen LogP contribution in [-0.4, -0.2) is 14.6 Å². The van der Waals surface area contributed by atoms with Gasteiger partial charge in [-0.15, -0.1) is 10.2 Å². The van der Waals surface area contributed by atoms with E-state index in [1.54, 1.807) is 0 Å². The van der Waals surface area contributed by atoms with Crippen molar-refractivity contribution in [3.8, 4) is 0 Å². The highest BCUT2D eigenvalue weighted by Gasteiger charge is 2.39. The van der Waals surface area contributed by atoms with E-state index in [0.717, 1.165) is 17.2 Å². The Morgan fingerprint density at radius 3 is 2.68 bits per heavy atom. The molecule has 0 atom stereocenters. The molecule has 19 heavy (non-hydrogen) atoms. The van der Waals surface area contributed by atoms with Crippen LogP contribution in [0.1, 0.15) is 51.8 Å². The molecule has 0 bridgehead atoms. The van der Waals surface area contributed by atoms with Gasteiger partial charge >= 0.3 is 0 Å². The smallest absolute Gasteiger partial charge is 0.160 e. The number of nitrogen functional groups attached to an aromatic ring is 1. The minimum atomic E-state index is 0.196. The average Bonchev–Trinajstić information content (AvgIpc) is 2.95. The van der Waals surface area contributed by atoms with Gasteiger partial charge in [0.05, 0.1) is 0 Å². The van der Waals surface area contributed by atoms with Gasteiger partial charge in [-0.25, -0.2) is 0 Å². The number of nitrogens with two attached hydrogens (primary N) is 1. The van der Waals surface area contributed by atoms with Crippen LogP contribution in [0, 0.1) is 5.92 Å². The maximum atomic E-state index is 5.92. The highest BCUT2D eigenvalue weighted by Crippen LogP contribution is 2.44. The summed E-state index contributed by atoms with van der Waals surface area (Å²) in [6, 6.07) is 3.83. The molecule has 0 saturated heterocycles. The summed E-state index contributed by atoms with van der Waals surface area (Å²) in [6.45, 7) is 4.58. The fourth-order valence-corrected chi connectivity index (χ4v) is 3.62. The van der Waals surface area contributed by atoms with E-state index in [2.05, 4.69) is 28.4 Å². The van der Waals surface area contributed by atoms with E-state index in [1.165, 1.54) is 32.1 Å². The fraction of sp³-hybridized carbons (Fsp3) is 0.600. The van der Waals surface area contributed by atoms with Gasteiger partial charge in [-0.1, -0.05) is 26.7 Å². The SMILES string of the molecule is CC(C)CC1(c2nnc3ccc(N)cn23)CCCC1. The van der Waals surface area contributed by atoms with Crippen LogP contribution in [0.25, 0.3) is 5.65 Å². The van der Waals surface area contributed by atoms with Gasteiger partial charge in [-0.3, -0.25) is 4.40 Å². The summed E-state index contributed by atoms with van der Waals surface area (Å²) in [4.78, 5) is 0. The number of anilines is 1. The van der Waals surface area contributed by atoms with Crippen molar-refractivity contribution >= 4 is 11.3 Å². The second-order valence-electron chi connectivity index (χ2n) is 6.30. The molecule has 4 heteroatoms. The molecular formula is C15H22N4. The minimum Gasteiger partial charge on any atom is -0.398 e. The molecule has 4 nitrogen and oxygen atoms in total. The van der Waals surface area contributed by atoms with Gasteiger partial charge in [0.15, 0.2) is 5.65 Å². The van der Waals surface area contributed by atoms with Crippen LogP contribution in [0.3, 0.4) is 0 Å². The first kappa shape index (κ1) is 12.5. The Morgan fingerprint density at radius 1 is 1.26 bits per heavy atom. The first-order valence-corrected chi connectivity index (χ1v) is 7.21. The Bertz CT molecular complexity index is 579. The molecule has 102 valence electrons. The van der Waals surface area contributed by atoms with E-state index < -0.39 is 0 Å². The molecular weight excluding hydrogens is 236 g/mol. The van der Waals surface area contributed by atoms with Crippen LogP contribution in [0.2, 0.25) is 0 Å². The molecule has 2 N–H and O–H groups in total. The van der Waals surface area contributed by atoms with Gasteiger partial charge in [0.25, 0.3) is 0 Å². The molecule has 1 aliphatic carbocycles. The Labute approximate surface area is 114 Å². The Balaban J connectivity index is 2.12. The lowest BCUT2D eigenvalue weighted by atomic mass is 9.78. The van der Waals surface area contributed by atoms with Crippen molar-refractivity contribution in [3.05, 3.63) is 24.2 Å². The predicted molar refractivity (Wildman–Crippen MR) is 77.0 cm³/mol. The topological polar surface area (TPSA) is 56.2 Å². The van der Waals surface area contributed by atoms with Crippen molar-refractivity contribution in [1.82, 2.24) is 14.6 Å². The fourth-order valence-electron chi connectivity index (χ4n) is 3.62. The molecule has 1 aliphatic rings. The highest BCUT2D eigenvalue weighted by atomic mass is 15.3. The van der Waals surface area contributed by atoms with Crippen LogP contribution in [0.15, 0.2) is 18.3 Å². The Kier molecular flexibility index (Phi) is 2.96. The van der Waals surface area contributed by atoms with Crippen molar-refractivity contribution in [1.29, 1.82) is 0 Å². The first-order valence-electron chi connectivity index (χ1n) is 7.21. The van der Waals surface area contributed by atoms with E-state index in [0.29, 0.717) is 5.92 Å². The van der Waals surface area contributed by atoms with Crippen molar-refractivity contribution in [2.75, 3.05) is 5.73 Å². The molecule has 0 radical (unpaired) electrons. The normalized spacial score (nSPS) is 18.5. The summed E-state index contributed by atoms with van der Waals surface area (Å²) >= 11 is 0. The van der Waals surface area contributed by atoms with E-state index >= 15 is 0 Å². The monoisotopic (exact) mass is 258 g/mol. The summed E-state index contributed by atoms with van der Waals surface area (Å²) in [7, 11) is 0. The zero-order valence-corrected chi connectivity index (χ0v) is 11.8. The molecule has 0 aliphatic heterocycles. The lowest BCUT2D eigenvalue weighted by molar-refractivity contribution is 0.326. The molecule has 2 heterocycles. The molecule has 0 spiro atoms. The van der Waals surface area contributed by atoms with Crippen molar-refractivity contribution < 1.29 is 0 Å². The van der Waals surface area contributed by atoms with Crippen LogP contribution >= 0.6 is 0 Å². The second-order valence-corrected chi connectivity index (χ2v) is 6.30. The third-order valence-electron chi connectivity index (χ3n) is 4.26. The molecule has 2 aromatic rings. The van der Waals surface area contributed by atoms with E-state index in [-0.39, 0.29) is 5.41 Å². The molecule has 3 rings (SSSR count). The van der Waals surface area contributed by atoms with Crippen molar-refractivity contribution in [3.63, 3.8) is 0 Å². The van der Waals surface area contributed by atoms with Crippen LogP contribution in [-0.2, 0) is 5.41 Å². The number of aromatic nitrogens is 3. The maximum absolute atomic E-state index is 5.92. The van der Waals surface area contributed by atoms with Crippen LogP contribution in [0.5, 0.6) is 0 Å². The average molecular weight is 258 g/mol. The summed E-state index contributed by atoms with van der Waals surface area (Å²) in [5, 5.41) is 8.82. The lowest BCUT2D eigenvalue weighted by Gasteiger charge is -2.29. The Morgan fingerprint density at radius 2 is 2.00 bits per heavy atom. The Hall–Kier alpha value is -1.58. The number of pyridine rings is 1. The summed E-state index contributed by atoms with van der Waals surface area (Å²) < 4.78 is 2.10. The standard InChI is InChI=1S/C15H22N4/c1-11(2)9-15(7-3-4-8-15)14-18-17-13-6-5-12(16)10-19(13)14/h5-6,10-11H,3-4,7-9,16H2,1-2H3. The molecule has 2 aromatic heterocycles. The van der Waals surface area contributed by atoms with Gasteiger partial charge in [0, 0.05) is 17.3 Å². The second kappa shape index (κ2) is 4.51. The van der Waals surface area contributed by atoms with E-state index in [4.69, 9.17) is 5.73 Å². The quantitative estimate of drug-likeness (QED) is 0.920. The number of nitrogens with zero attached hydrogens (tertiary/aromatic N) is 3. The summed E-state index contributed by atoms with van der Waals surface area (Å²) in [5.74, 6) is 1.78. The predicted octanol–water partition coefficient (Wildman–Crippen LogP) is 3.17. The third-order valence-corrected chi connectivity index (χ3v) is 4.26. The zero-order chi connectivity index (χ0) is 13.5. The third kappa shape index (κ3) is 2.09. The summed E-state index contributed by atoms with van der Waals surface area (Å²) in [6.07, 6.45) is 8.18. The maximum Gasteiger partial charge on any atom is 0.160 e. The number of fused-ring (bicyclic) bond motifs is 1. The van der Waals surface area contributed by atoms with Crippen molar-refractivity contribution in [2.24, 2.45) is 5.92 Å². The summed E-state index contributed by atoms with van der Waals surface area (Å²) in [5.41, 5.74) is 7.79. The highest BCUT2D eigenvalue weighted by molar-refractivity contribution is 5.47. The van der Waals surface area contributed by atoms with Gasteiger partial charge in [0.1, 0.15) is 5.82 Å². The molecule has 0 aromatic carbocycles. The first-order chi connectivity index (χ1) is 9.11. The number of hydrogen-bond acceptors (Lipinski definition) is 3. The van der Waals surface area contributed by atoms with Gasteiger partial charge in [-0.2, -0.15) is 0 Å². The molecule has 0 unspecified atom stereocenters. The number of hydrogen-bond donors (Lipinski definition) is 1. The van der Waals surface area contributed by atoms with Gasteiger partial charge in [-0.05, 0) is 37.3 Å². The molecule has 1 saturated carbocycles. The zero-order valence-electron chi connectivity index (χ0n) is 11.8.